The molecule has 1 unspecified atom stereocenters. The number of furan rings is 1. The summed E-state index contributed by atoms with van der Waals surface area (Å²) in [6.07, 6.45) is 2.28. The number of carbonyl (C=O) groups is 2. The Hall–Kier alpha value is -2.12. The van der Waals surface area contributed by atoms with E-state index < -0.39 is 6.04 Å². The van der Waals surface area contributed by atoms with Crippen LogP contribution in [-0.4, -0.2) is 30.1 Å². The molecule has 0 aliphatic rings. The number of thiophene rings is 1. The van der Waals surface area contributed by atoms with E-state index in [1.165, 1.54) is 17.6 Å². The fourth-order valence-electron chi connectivity index (χ4n) is 1.91. The van der Waals surface area contributed by atoms with Crippen LogP contribution >= 0.6 is 11.3 Å². The molecule has 1 atom stereocenters. The van der Waals surface area contributed by atoms with Gasteiger partial charge in [0.1, 0.15) is 11.8 Å². The average molecular weight is 322 g/mol. The Kier molecular flexibility index (Phi) is 6.17. The Morgan fingerprint density at radius 3 is 2.86 bits per heavy atom. The van der Waals surface area contributed by atoms with Crippen molar-refractivity contribution < 1.29 is 19.1 Å². The number of hydrogen-bond acceptors (Lipinski definition) is 5. The Bertz CT molecular complexity index is 581. The predicted molar refractivity (Wildman–Crippen MR) is 82.6 cm³/mol. The molecule has 0 spiro atoms. The van der Waals surface area contributed by atoms with Crippen LogP contribution in [0.1, 0.15) is 35.0 Å². The van der Waals surface area contributed by atoms with Crippen LogP contribution in [0.5, 0.6) is 0 Å². The van der Waals surface area contributed by atoms with Gasteiger partial charge >= 0.3 is 0 Å². The molecule has 22 heavy (non-hydrogen) atoms. The van der Waals surface area contributed by atoms with Gasteiger partial charge in [0.2, 0.25) is 5.91 Å². The standard InChI is InChI=1S/C15H18N2O4S/c18-9-12(13-3-2-7-21-13)17-14(19)4-1-6-16-15(20)11-5-8-22-10-11/h2-3,5,7-8,10,12,18H,1,4,6,9H2,(H,16,20)(H,17,19). The molecule has 2 aromatic rings. The van der Waals surface area contributed by atoms with E-state index in [-0.39, 0.29) is 24.8 Å². The SMILES string of the molecule is O=C(CCCNC(=O)c1ccsc1)NC(CO)c1ccco1. The van der Waals surface area contributed by atoms with Crippen molar-refractivity contribution in [1.82, 2.24) is 10.6 Å². The second-order valence-corrected chi connectivity index (χ2v) is 5.47. The van der Waals surface area contributed by atoms with E-state index >= 15 is 0 Å². The maximum atomic E-state index is 11.8. The normalized spacial score (nSPS) is 11.9. The number of aliphatic hydroxyl groups excluding tert-OH is 1. The van der Waals surface area contributed by atoms with Gasteiger partial charge in [0.05, 0.1) is 12.9 Å². The fourth-order valence-corrected chi connectivity index (χ4v) is 2.55. The summed E-state index contributed by atoms with van der Waals surface area (Å²) < 4.78 is 5.16. The van der Waals surface area contributed by atoms with Crippen molar-refractivity contribution in [3.8, 4) is 0 Å². The van der Waals surface area contributed by atoms with Crippen LogP contribution in [0, 0.1) is 0 Å². The Labute approximate surface area is 132 Å². The zero-order valence-electron chi connectivity index (χ0n) is 12.0. The van der Waals surface area contributed by atoms with Gasteiger partial charge in [0, 0.05) is 23.9 Å². The molecular formula is C15H18N2O4S. The van der Waals surface area contributed by atoms with Gasteiger partial charge in [0.25, 0.3) is 5.91 Å². The lowest BCUT2D eigenvalue weighted by molar-refractivity contribution is -0.122. The van der Waals surface area contributed by atoms with Gasteiger partial charge in [-0.05, 0) is 30.0 Å². The monoisotopic (exact) mass is 322 g/mol. The number of hydrogen-bond donors (Lipinski definition) is 3. The van der Waals surface area contributed by atoms with Gasteiger partial charge in [-0.3, -0.25) is 9.59 Å². The molecule has 0 aliphatic carbocycles. The molecule has 7 heteroatoms. The van der Waals surface area contributed by atoms with Crippen molar-refractivity contribution in [3.63, 3.8) is 0 Å². The van der Waals surface area contributed by atoms with Gasteiger partial charge in [0.15, 0.2) is 0 Å². The highest BCUT2D eigenvalue weighted by Crippen LogP contribution is 2.12. The Morgan fingerprint density at radius 2 is 2.23 bits per heavy atom. The third kappa shape index (κ3) is 4.71. The number of carbonyl (C=O) groups excluding carboxylic acids is 2. The molecule has 0 saturated carbocycles. The summed E-state index contributed by atoms with van der Waals surface area (Å²) in [7, 11) is 0. The first-order valence-electron chi connectivity index (χ1n) is 6.94. The van der Waals surface area contributed by atoms with E-state index in [1.54, 1.807) is 23.6 Å². The number of rotatable bonds is 8. The summed E-state index contributed by atoms with van der Waals surface area (Å²) in [6, 6.07) is 4.61. The van der Waals surface area contributed by atoms with Crippen molar-refractivity contribution in [3.05, 3.63) is 46.5 Å². The second kappa shape index (κ2) is 8.35. The minimum atomic E-state index is -0.539. The lowest BCUT2D eigenvalue weighted by Gasteiger charge is -2.13. The zero-order valence-corrected chi connectivity index (χ0v) is 12.8. The second-order valence-electron chi connectivity index (χ2n) is 4.69. The summed E-state index contributed by atoms with van der Waals surface area (Å²) in [5, 5.41) is 18.3. The molecule has 0 fully saturated rings. The molecule has 3 N–H and O–H groups in total. The minimum Gasteiger partial charge on any atom is -0.467 e. The van der Waals surface area contributed by atoms with Gasteiger partial charge < -0.3 is 20.2 Å². The highest BCUT2D eigenvalue weighted by Gasteiger charge is 2.15. The maximum Gasteiger partial charge on any atom is 0.252 e. The molecule has 0 aromatic carbocycles. The summed E-state index contributed by atoms with van der Waals surface area (Å²) >= 11 is 1.46. The molecule has 2 amide bonds. The van der Waals surface area contributed by atoms with E-state index in [9.17, 15) is 14.7 Å². The largest absolute Gasteiger partial charge is 0.467 e. The summed E-state index contributed by atoms with van der Waals surface area (Å²) in [4.78, 5) is 23.5. The number of aliphatic hydroxyl groups is 1. The van der Waals surface area contributed by atoms with Gasteiger partial charge in [-0.25, -0.2) is 0 Å². The van der Waals surface area contributed by atoms with E-state index in [4.69, 9.17) is 4.42 Å². The van der Waals surface area contributed by atoms with Crippen LogP contribution in [0.15, 0.2) is 39.6 Å². The highest BCUT2D eigenvalue weighted by molar-refractivity contribution is 7.08. The minimum absolute atomic E-state index is 0.134. The quantitative estimate of drug-likeness (QED) is 0.645. The molecule has 0 saturated heterocycles. The van der Waals surface area contributed by atoms with E-state index in [1.807, 2.05) is 5.38 Å². The Balaban J connectivity index is 1.66. The first kappa shape index (κ1) is 16.3. The fraction of sp³-hybridized carbons (Fsp3) is 0.333. The van der Waals surface area contributed by atoms with Crippen molar-refractivity contribution in [1.29, 1.82) is 0 Å². The van der Waals surface area contributed by atoms with E-state index in [2.05, 4.69) is 10.6 Å². The highest BCUT2D eigenvalue weighted by atomic mass is 32.1. The van der Waals surface area contributed by atoms with Crippen molar-refractivity contribution in [2.45, 2.75) is 18.9 Å². The van der Waals surface area contributed by atoms with Crippen LogP contribution in [0.4, 0.5) is 0 Å². The van der Waals surface area contributed by atoms with Crippen LogP contribution in [-0.2, 0) is 4.79 Å². The van der Waals surface area contributed by atoms with E-state index in [0.29, 0.717) is 24.3 Å². The molecule has 2 heterocycles. The molecular weight excluding hydrogens is 304 g/mol. The van der Waals surface area contributed by atoms with Crippen molar-refractivity contribution in [2.24, 2.45) is 0 Å². The number of nitrogens with one attached hydrogen (secondary N) is 2. The topological polar surface area (TPSA) is 91.6 Å². The van der Waals surface area contributed by atoms with Gasteiger partial charge in [-0.15, -0.1) is 0 Å². The molecule has 0 radical (unpaired) electrons. The summed E-state index contributed by atoms with van der Waals surface area (Å²) in [5.74, 6) is 0.187. The first-order chi connectivity index (χ1) is 10.7. The predicted octanol–water partition coefficient (Wildman–Crippen LogP) is 1.70. The van der Waals surface area contributed by atoms with Crippen molar-refractivity contribution in [2.75, 3.05) is 13.2 Å². The van der Waals surface area contributed by atoms with Gasteiger partial charge in [-0.2, -0.15) is 11.3 Å². The molecule has 2 rings (SSSR count). The lowest BCUT2D eigenvalue weighted by Crippen LogP contribution is -2.31. The molecule has 0 aliphatic heterocycles. The lowest BCUT2D eigenvalue weighted by atomic mass is 10.2. The summed E-state index contributed by atoms with van der Waals surface area (Å²) in [5.41, 5.74) is 0.632. The average Bonchev–Trinajstić information content (AvgIpc) is 3.21. The van der Waals surface area contributed by atoms with Crippen molar-refractivity contribution >= 4 is 23.2 Å². The third-order valence-electron chi connectivity index (χ3n) is 3.05. The smallest absolute Gasteiger partial charge is 0.252 e. The number of amides is 2. The van der Waals surface area contributed by atoms with E-state index in [0.717, 1.165) is 0 Å². The Morgan fingerprint density at radius 1 is 1.36 bits per heavy atom. The maximum absolute atomic E-state index is 11.8. The zero-order chi connectivity index (χ0) is 15.8. The van der Waals surface area contributed by atoms with Gasteiger partial charge in [-0.1, -0.05) is 0 Å². The molecule has 118 valence electrons. The van der Waals surface area contributed by atoms with Crippen LogP contribution < -0.4 is 10.6 Å². The summed E-state index contributed by atoms with van der Waals surface area (Å²) in [6.45, 7) is 0.195. The first-order valence-corrected chi connectivity index (χ1v) is 7.89. The van der Waals surface area contributed by atoms with Crippen LogP contribution in [0.2, 0.25) is 0 Å². The van der Waals surface area contributed by atoms with Crippen LogP contribution in [0.3, 0.4) is 0 Å². The third-order valence-corrected chi connectivity index (χ3v) is 3.74. The molecule has 0 bridgehead atoms. The molecule has 6 nitrogen and oxygen atoms in total. The molecule has 2 aromatic heterocycles. The van der Waals surface area contributed by atoms with Crippen LogP contribution in [0.25, 0.3) is 0 Å².